The quantitative estimate of drug-likeness (QED) is 0.414. The Morgan fingerprint density at radius 2 is 1.51 bits per heavy atom. The molecule has 9 nitrogen and oxygen atoms in total. The number of hydrogen-bond donors (Lipinski definition) is 2. The zero-order valence-corrected chi connectivity index (χ0v) is 21.5. The molecular formula is C25H33N5O4S. The number of anilines is 2. The number of aryl methyl sites for hydroxylation is 2. The minimum Gasteiger partial charge on any atom is -0.328 e. The summed E-state index contributed by atoms with van der Waals surface area (Å²) in [6, 6.07) is 12.0. The fourth-order valence-electron chi connectivity index (χ4n) is 3.91. The number of amides is 2. The molecule has 0 saturated carbocycles. The molecule has 0 radical (unpaired) electrons. The number of imidazole rings is 1. The predicted molar refractivity (Wildman–Crippen MR) is 138 cm³/mol. The van der Waals surface area contributed by atoms with Crippen LogP contribution in [0.4, 0.5) is 11.4 Å². The Bertz CT molecular complexity index is 1300. The lowest BCUT2D eigenvalue weighted by atomic mass is 10.2. The summed E-state index contributed by atoms with van der Waals surface area (Å²) in [7, 11) is -3.58. The van der Waals surface area contributed by atoms with Crippen molar-refractivity contribution in [3.8, 4) is 0 Å². The number of rotatable bonds is 11. The molecule has 0 aliphatic rings. The maximum Gasteiger partial charge on any atom is 0.243 e. The van der Waals surface area contributed by atoms with Gasteiger partial charge in [-0.2, -0.15) is 4.31 Å². The normalized spacial score (nSPS) is 11.7. The molecule has 0 aliphatic heterocycles. The molecular weight excluding hydrogens is 466 g/mol. The zero-order chi connectivity index (χ0) is 25.6. The van der Waals surface area contributed by atoms with Crippen LogP contribution in [0, 0.1) is 0 Å². The van der Waals surface area contributed by atoms with Crippen LogP contribution < -0.4 is 10.6 Å². The van der Waals surface area contributed by atoms with E-state index in [0.717, 1.165) is 11.3 Å². The van der Waals surface area contributed by atoms with Gasteiger partial charge in [0.05, 0.1) is 15.9 Å². The average Bonchev–Trinajstić information content (AvgIpc) is 3.21. The van der Waals surface area contributed by atoms with Gasteiger partial charge in [0.2, 0.25) is 21.8 Å². The minimum atomic E-state index is -3.58. The van der Waals surface area contributed by atoms with Crippen LogP contribution in [-0.2, 0) is 32.6 Å². The number of aromatic nitrogens is 2. The summed E-state index contributed by atoms with van der Waals surface area (Å²) in [6.45, 7) is 8.85. The highest BCUT2D eigenvalue weighted by atomic mass is 32.2. The van der Waals surface area contributed by atoms with E-state index in [9.17, 15) is 18.0 Å². The minimum absolute atomic E-state index is 0.0710. The second-order valence-corrected chi connectivity index (χ2v) is 9.98. The third kappa shape index (κ3) is 6.07. The Balaban J connectivity index is 1.71. The van der Waals surface area contributed by atoms with Crippen LogP contribution in [-0.4, -0.2) is 47.2 Å². The molecule has 2 amide bonds. The molecule has 0 bridgehead atoms. The topological polar surface area (TPSA) is 113 Å². The first kappa shape index (κ1) is 26.4. The zero-order valence-electron chi connectivity index (χ0n) is 20.7. The Labute approximate surface area is 206 Å². The smallest absolute Gasteiger partial charge is 0.243 e. The van der Waals surface area contributed by atoms with Crippen LogP contribution in [0.5, 0.6) is 0 Å². The number of benzene rings is 2. The number of carbonyl (C=O) groups excluding carboxylic acids is 2. The lowest BCUT2D eigenvalue weighted by molar-refractivity contribution is -0.116. The second-order valence-electron chi connectivity index (χ2n) is 8.04. The van der Waals surface area contributed by atoms with E-state index >= 15 is 0 Å². The molecule has 188 valence electrons. The molecule has 3 aromatic rings. The molecule has 0 saturated heterocycles. The summed E-state index contributed by atoms with van der Waals surface area (Å²) in [6.07, 6.45) is 1.04. The van der Waals surface area contributed by atoms with Crippen molar-refractivity contribution in [3.63, 3.8) is 0 Å². The van der Waals surface area contributed by atoms with Crippen LogP contribution in [0.15, 0.2) is 47.4 Å². The Morgan fingerprint density at radius 3 is 2.06 bits per heavy atom. The fourth-order valence-corrected chi connectivity index (χ4v) is 5.39. The summed E-state index contributed by atoms with van der Waals surface area (Å²) in [5.41, 5.74) is 2.75. The first-order chi connectivity index (χ1) is 16.7. The first-order valence-electron chi connectivity index (χ1n) is 11.9. The second kappa shape index (κ2) is 11.5. The molecule has 35 heavy (non-hydrogen) atoms. The molecule has 0 aliphatic carbocycles. The summed E-state index contributed by atoms with van der Waals surface area (Å²) in [4.78, 5) is 28.9. The van der Waals surface area contributed by atoms with Gasteiger partial charge in [-0.05, 0) is 49.4 Å². The number of nitrogens with one attached hydrogen (secondary N) is 2. The van der Waals surface area contributed by atoms with Crippen LogP contribution in [0.2, 0.25) is 0 Å². The van der Waals surface area contributed by atoms with E-state index in [0.29, 0.717) is 49.4 Å². The van der Waals surface area contributed by atoms with Crippen molar-refractivity contribution in [2.45, 2.75) is 58.4 Å². The van der Waals surface area contributed by atoms with E-state index in [2.05, 4.69) is 15.6 Å². The monoisotopic (exact) mass is 499 g/mol. The summed E-state index contributed by atoms with van der Waals surface area (Å²) in [5, 5.41) is 5.63. The molecule has 3 rings (SSSR count). The number of hydrogen-bond acceptors (Lipinski definition) is 5. The van der Waals surface area contributed by atoms with Gasteiger partial charge in [0, 0.05) is 50.3 Å². The van der Waals surface area contributed by atoms with Crippen LogP contribution in [0.1, 0.15) is 46.4 Å². The number of fused-ring (bicyclic) bond motifs is 1. The molecule has 0 unspecified atom stereocenters. The van der Waals surface area contributed by atoms with Gasteiger partial charge < -0.3 is 15.2 Å². The average molecular weight is 500 g/mol. The molecule has 2 aromatic carbocycles. The van der Waals surface area contributed by atoms with Gasteiger partial charge in [-0.25, -0.2) is 13.4 Å². The highest BCUT2D eigenvalue weighted by molar-refractivity contribution is 7.89. The number of sulfonamides is 1. The van der Waals surface area contributed by atoms with Gasteiger partial charge in [0.1, 0.15) is 5.82 Å². The molecule has 1 heterocycles. The van der Waals surface area contributed by atoms with Crippen LogP contribution in [0.25, 0.3) is 11.0 Å². The van der Waals surface area contributed by atoms with Crippen LogP contribution >= 0.6 is 0 Å². The third-order valence-electron chi connectivity index (χ3n) is 5.81. The lowest BCUT2D eigenvalue weighted by Gasteiger charge is -2.18. The van der Waals surface area contributed by atoms with Gasteiger partial charge >= 0.3 is 0 Å². The highest BCUT2D eigenvalue weighted by Gasteiger charge is 2.23. The van der Waals surface area contributed by atoms with Gasteiger partial charge in [-0.15, -0.1) is 0 Å². The summed E-state index contributed by atoms with van der Waals surface area (Å²) in [5.74, 6) is 0.501. The summed E-state index contributed by atoms with van der Waals surface area (Å²) < 4.78 is 29.2. The van der Waals surface area contributed by atoms with Crippen molar-refractivity contribution in [3.05, 3.63) is 48.3 Å². The number of carbonyl (C=O) groups is 2. The maximum atomic E-state index is 12.9. The fraction of sp³-hybridized carbons (Fsp3) is 0.400. The van der Waals surface area contributed by atoms with Crippen molar-refractivity contribution < 1.29 is 18.0 Å². The van der Waals surface area contributed by atoms with Crippen molar-refractivity contribution in [2.24, 2.45) is 0 Å². The van der Waals surface area contributed by atoms with Gasteiger partial charge in [0.15, 0.2) is 0 Å². The van der Waals surface area contributed by atoms with E-state index in [4.69, 9.17) is 0 Å². The van der Waals surface area contributed by atoms with E-state index in [1.165, 1.54) is 4.31 Å². The van der Waals surface area contributed by atoms with Crippen molar-refractivity contribution in [2.75, 3.05) is 23.7 Å². The molecule has 0 spiro atoms. The van der Waals surface area contributed by atoms with Crippen molar-refractivity contribution >= 4 is 44.2 Å². The van der Waals surface area contributed by atoms with E-state index in [1.54, 1.807) is 49.4 Å². The Kier molecular flexibility index (Phi) is 8.63. The van der Waals surface area contributed by atoms with E-state index < -0.39 is 10.0 Å². The van der Waals surface area contributed by atoms with Crippen molar-refractivity contribution in [1.82, 2.24) is 13.9 Å². The van der Waals surface area contributed by atoms with E-state index in [1.807, 2.05) is 25.3 Å². The maximum absolute atomic E-state index is 12.9. The SMILES string of the molecule is CCC(=O)Nc1ccc(NC(=O)CCc2nc3cc(S(=O)(=O)N(CC)CC)ccc3n2CC)cc1. The third-order valence-corrected chi connectivity index (χ3v) is 7.85. The van der Waals surface area contributed by atoms with Gasteiger partial charge in [-0.3, -0.25) is 9.59 Å². The predicted octanol–water partition coefficient (Wildman–Crippen LogP) is 4.01. The molecule has 2 N–H and O–H groups in total. The summed E-state index contributed by atoms with van der Waals surface area (Å²) >= 11 is 0. The standard InChI is InChI=1S/C25H33N5O4S/c1-5-24(31)26-18-9-11-19(12-10-18)27-25(32)16-15-23-28-21-17-20(13-14-22(21)30(23)8-4)35(33,34)29(6-2)7-3/h9-14,17H,5-8,15-16H2,1-4H3,(H,26,31)(H,27,32). The number of nitrogens with zero attached hydrogens (tertiary/aromatic N) is 3. The highest BCUT2D eigenvalue weighted by Crippen LogP contribution is 2.24. The van der Waals surface area contributed by atoms with Gasteiger partial charge in [0.25, 0.3) is 0 Å². The lowest BCUT2D eigenvalue weighted by Crippen LogP contribution is -2.30. The molecule has 10 heteroatoms. The largest absolute Gasteiger partial charge is 0.328 e. The van der Waals surface area contributed by atoms with Crippen LogP contribution in [0.3, 0.4) is 0 Å². The van der Waals surface area contributed by atoms with Gasteiger partial charge in [-0.1, -0.05) is 20.8 Å². The first-order valence-corrected chi connectivity index (χ1v) is 13.4. The molecule has 0 fully saturated rings. The Morgan fingerprint density at radius 1 is 0.914 bits per heavy atom. The van der Waals surface area contributed by atoms with E-state index in [-0.39, 0.29) is 23.1 Å². The molecule has 1 aromatic heterocycles. The Hall–Kier alpha value is -3.24. The van der Waals surface area contributed by atoms with Crippen molar-refractivity contribution in [1.29, 1.82) is 0 Å². The molecule has 0 atom stereocenters.